The van der Waals surface area contributed by atoms with Crippen molar-refractivity contribution in [1.29, 1.82) is 0 Å². The van der Waals surface area contributed by atoms with E-state index in [0.717, 1.165) is 6.33 Å². The van der Waals surface area contributed by atoms with Crippen molar-refractivity contribution in [3.05, 3.63) is 16.7 Å². The van der Waals surface area contributed by atoms with Crippen LogP contribution in [0.4, 0.5) is 5.95 Å². The number of hydroxylamine groups is 1. The minimum Gasteiger partial charge on any atom is -0.382 e. The maximum absolute atomic E-state index is 11.9. The van der Waals surface area contributed by atoms with Crippen LogP contribution in [0, 0.1) is 0 Å². The highest BCUT2D eigenvalue weighted by molar-refractivity contribution is 7.60. The number of hydrogen-bond donors (Lipinski definition) is 8. The zero-order valence-corrected chi connectivity index (χ0v) is 15.8. The van der Waals surface area contributed by atoms with Gasteiger partial charge < -0.3 is 30.6 Å². The van der Waals surface area contributed by atoms with Gasteiger partial charge in [0, 0.05) is 5.48 Å². The standard InChI is InChI=1S/C10H14N6O11P2/c11-9-13-7-4(8(19)14-9)12-2-16(7)10-6(18)5(17)3(27(10)15-10)1-25-29(23,24)26-28(20,21)22/h2-3,5-6,15,17-18H,1H2,(H5-,11,13,14,19,20,21,22,23,24)/p+1/t3-,5-,6-,10+/m1/s1. The molecule has 0 radical (unpaired) electrons. The number of hydrogen-bond acceptors (Lipinski definition) is 11. The van der Waals surface area contributed by atoms with Gasteiger partial charge in [-0.25, -0.2) is 18.7 Å². The zero-order valence-electron chi connectivity index (χ0n) is 14.0. The van der Waals surface area contributed by atoms with E-state index < -0.39 is 52.0 Å². The Morgan fingerprint density at radius 2 is 2.03 bits per heavy atom. The molecule has 160 valence electrons. The molecule has 9 N–H and O–H groups in total. The lowest BCUT2D eigenvalue weighted by Gasteiger charge is -2.16. The number of rotatable bonds is 6. The molecule has 2 aromatic heterocycles. The maximum Gasteiger partial charge on any atom is 0.481 e. The van der Waals surface area contributed by atoms with Crippen molar-refractivity contribution >= 4 is 32.8 Å². The third kappa shape index (κ3) is 3.31. The summed E-state index contributed by atoms with van der Waals surface area (Å²) < 4.78 is 33.9. The number of aromatic amines is 1. The van der Waals surface area contributed by atoms with Crippen LogP contribution in [-0.4, -0.2) is 69.3 Å². The van der Waals surface area contributed by atoms with Crippen molar-refractivity contribution in [2.24, 2.45) is 0 Å². The molecule has 0 aliphatic carbocycles. The van der Waals surface area contributed by atoms with Crippen LogP contribution >= 0.6 is 15.6 Å². The van der Waals surface area contributed by atoms with E-state index in [0.29, 0.717) is 0 Å². The van der Waals surface area contributed by atoms with Gasteiger partial charge in [0.2, 0.25) is 18.2 Å². The van der Waals surface area contributed by atoms with Crippen LogP contribution in [0.15, 0.2) is 11.1 Å². The fourth-order valence-corrected chi connectivity index (χ4v) is 4.77. The number of H-pyrrole nitrogens is 1. The lowest BCUT2D eigenvalue weighted by atomic mass is 10.1. The number of phosphoric ester groups is 1. The molecule has 0 amide bonds. The number of aliphatic hydroxyl groups excluding tert-OH is 2. The number of aromatic nitrogens is 4. The zero-order chi connectivity index (χ0) is 21.4. The molecule has 17 nitrogen and oxygen atoms in total. The Kier molecular flexibility index (Phi) is 4.51. The molecule has 2 fully saturated rings. The fraction of sp³-hybridized carbons (Fsp3) is 0.500. The molecule has 2 aromatic rings. The van der Waals surface area contributed by atoms with Gasteiger partial charge in [0.05, 0.1) is 0 Å². The number of nitrogen functional groups attached to an aromatic ring is 1. The number of nitrogens with two attached hydrogens (primary N) is 1. The molecular weight excluding hydrogens is 442 g/mol. The first-order chi connectivity index (χ1) is 13.4. The molecule has 4 rings (SSSR count). The summed E-state index contributed by atoms with van der Waals surface area (Å²) in [5, 5.41) is 20.8. The van der Waals surface area contributed by atoms with Crippen LogP contribution in [-0.2, 0) is 28.3 Å². The van der Waals surface area contributed by atoms with Crippen molar-refractivity contribution < 1.29 is 47.3 Å². The largest absolute Gasteiger partial charge is 0.481 e. The highest BCUT2D eigenvalue weighted by Gasteiger charge is 2.83. The number of fused-ring (bicyclic) bond motifs is 2. The lowest BCUT2D eigenvalue weighted by Crippen LogP contribution is -2.44. The van der Waals surface area contributed by atoms with Gasteiger partial charge in [0.1, 0.15) is 12.9 Å². The smallest absolute Gasteiger partial charge is 0.382 e. The first kappa shape index (κ1) is 20.5. The Labute approximate surface area is 159 Å². The number of imidazole rings is 1. The monoisotopic (exact) mass is 457 g/mol. The predicted molar refractivity (Wildman–Crippen MR) is 89.5 cm³/mol. The molecule has 2 aliphatic heterocycles. The summed E-state index contributed by atoms with van der Waals surface area (Å²) in [5.74, 6) is -1.82. The average Bonchev–Trinajstić information content (AvgIpc) is 3.07. The summed E-state index contributed by atoms with van der Waals surface area (Å²) >= 11 is 0. The average molecular weight is 457 g/mol. The van der Waals surface area contributed by atoms with Gasteiger partial charge in [-0.2, -0.15) is 9.29 Å². The minimum atomic E-state index is -5.32. The van der Waals surface area contributed by atoms with Crippen molar-refractivity contribution in [2.75, 3.05) is 12.3 Å². The Balaban J connectivity index is 1.61. The van der Waals surface area contributed by atoms with Crippen LogP contribution in [0.3, 0.4) is 0 Å². The molecular formula is C10H15N6O11P2+. The molecule has 0 saturated carbocycles. The van der Waals surface area contributed by atoms with Crippen LogP contribution in [0.5, 0.6) is 0 Å². The Morgan fingerprint density at radius 3 is 2.69 bits per heavy atom. The van der Waals surface area contributed by atoms with E-state index in [-0.39, 0.29) is 17.1 Å². The number of aliphatic hydroxyl groups is 2. The normalized spacial score (nSPS) is 31.7. The Bertz CT molecular complexity index is 1130. The van der Waals surface area contributed by atoms with Crippen LogP contribution in [0.1, 0.15) is 0 Å². The molecule has 2 saturated heterocycles. The van der Waals surface area contributed by atoms with Crippen molar-refractivity contribution in [3.63, 3.8) is 0 Å². The van der Waals surface area contributed by atoms with E-state index in [9.17, 15) is 29.0 Å². The minimum absolute atomic E-state index is 0.0285. The van der Waals surface area contributed by atoms with Gasteiger partial charge in [-0.15, -0.1) is 0 Å². The highest BCUT2D eigenvalue weighted by Crippen LogP contribution is 2.59. The van der Waals surface area contributed by atoms with Gasteiger partial charge in [0.25, 0.3) is 5.56 Å². The highest BCUT2D eigenvalue weighted by atomic mass is 31.3. The third-order valence-corrected chi connectivity index (χ3v) is 6.50. The molecule has 0 spiro atoms. The van der Waals surface area contributed by atoms with Gasteiger partial charge in [-0.05, 0) is 0 Å². The molecule has 1 unspecified atom stereocenters. The van der Waals surface area contributed by atoms with E-state index in [1.54, 1.807) is 0 Å². The summed E-state index contributed by atoms with van der Waals surface area (Å²) in [4.78, 5) is 48.6. The third-order valence-electron chi connectivity index (χ3n) is 4.35. The van der Waals surface area contributed by atoms with Crippen molar-refractivity contribution in [1.82, 2.24) is 25.0 Å². The summed E-state index contributed by atoms with van der Waals surface area (Å²) in [5.41, 5.74) is 7.42. The topological polar surface area (TPSA) is 268 Å². The molecule has 5 atom stereocenters. The Morgan fingerprint density at radius 1 is 1.34 bits per heavy atom. The van der Waals surface area contributed by atoms with E-state index >= 15 is 0 Å². The van der Waals surface area contributed by atoms with Gasteiger partial charge in [0.15, 0.2) is 17.3 Å². The second-order valence-electron chi connectivity index (χ2n) is 6.18. The molecule has 19 heteroatoms. The van der Waals surface area contributed by atoms with E-state index in [2.05, 4.69) is 33.7 Å². The number of anilines is 1. The summed E-state index contributed by atoms with van der Waals surface area (Å²) in [7, 11) is -10.5. The summed E-state index contributed by atoms with van der Waals surface area (Å²) in [6.45, 7) is -0.797. The molecule has 29 heavy (non-hydrogen) atoms. The van der Waals surface area contributed by atoms with Crippen LogP contribution in [0.2, 0.25) is 0 Å². The van der Waals surface area contributed by atoms with Crippen molar-refractivity contribution in [3.8, 4) is 0 Å². The predicted octanol–water partition coefficient (Wildman–Crippen LogP) is -3.29. The van der Waals surface area contributed by atoms with Crippen LogP contribution in [0.25, 0.3) is 11.2 Å². The van der Waals surface area contributed by atoms with Gasteiger partial charge >= 0.3 is 21.5 Å². The fourth-order valence-electron chi connectivity index (χ4n) is 3.17. The lowest BCUT2D eigenvalue weighted by molar-refractivity contribution is -0.111. The number of phosphoric acid groups is 2. The number of nitrogens with zero attached hydrogens (tertiary/aromatic N) is 3. The second-order valence-corrected chi connectivity index (χ2v) is 9.01. The number of nitrogens with one attached hydrogen (secondary N) is 2. The molecule has 0 aromatic carbocycles. The van der Waals surface area contributed by atoms with E-state index in [1.165, 1.54) is 4.57 Å². The second kappa shape index (κ2) is 6.37. The maximum atomic E-state index is 11.9. The van der Waals surface area contributed by atoms with Crippen LogP contribution < -0.4 is 16.8 Å². The van der Waals surface area contributed by atoms with Crippen molar-refractivity contribution in [2.45, 2.75) is 24.2 Å². The SMILES string of the molecule is Nc1nc2c(ncn2[C@]23N[O+]2[C@H](COP(=O)(O)OP(=O)(O)O)[C@@H](O)[C@H]3O)c(=O)[nH]1. The van der Waals surface area contributed by atoms with Gasteiger partial charge in [-0.1, -0.05) is 0 Å². The van der Waals surface area contributed by atoms with Gasteiger partial charge in [-0.3, -0.25) is 18.8 Å². The first-order valence-corrected chi connectivity index (χ1v) is 10.7. The van der Waals surface area contributed by atoms with E-state index in [4.69, 9.17) is 15.5 Å². The first-order valence-electron chi connectivity index (χ1n) is 7.70. The molecule has 2 aliphatic rings. The van der Waals surface area contributed by atoms with E-state index in [1.807, 2.05) is 0 Å². The quantitative estimate of drug-likeness (QED) is 0.120. The Hall–Kier alpha value is -1.75. The summed E-state index contributed by atoms with van der Waals surface area (Å²) in [6.07, 6.45) is -3.24. The summed E-state index contributed by atoms with van der Waals surface area (Å²) in [6, 6.07) is 0. The molecule has 4 heterocycles. The molecule has 0 bridgehead atoms.